The summed E-state index contributed by atoms with van der Waals surface area (Å²) in [7, 11) is 0. The van der Waals surface area contributed by atoms with Gasteiger partial charge in [-0.1, -0.05) is 0 Å². The van der Waals surface area contributed by atoms with Crippen LogP contribution in [-0.4, -0.2) is 22.5 Å². The lowest BCUT2D eigenvalue weighted by atomic mass is 10.1. The Bertz CT molecular complexity index is 823. The molecule has 2 heterocycles. The van der Waals surface area contributed by atoms with E-state index in [1.165, 1.54) is 0 Å². The van der Waals surface area contributed by atoms with Crippen molar-refractivity contribution in [2.24, 2.45) is 0 Å². The predicted octanol–water partition coefficient (Wildman–Crippen LogP) is 2.44. The summed E-state index contributed by atoms with van der Waals surface area (Å²) in [4.78, 5) is 20.3. The number of ether oxygens (including phenoxy) is 1. The molecule has 0 unspecified atom stereocenters. The van der Waals surface area contributed by atoms with Gasteiger partial charge in [-0.05, 0) is 25.1 Å². The van der Waals surface area contributed by atoms with E-state index in [1.54, 1.807) is 26.0 Å². The number of rotatable bonds is 2. The van der Waals surface area contributed by atoms with Gasteiger partial charge in [0.05, 0.1) is 17.8 Å². The number of nitrogens with zero attached hydrogens (tertiary/aromatic N) is 2. The highest BCUT2D eigenvalue weighted by molar-refractivity contribution is 6.00. The molecule has 2 aromatic heterocycles. The largest absolute Gasteiger partial charge is 0.461 e. The molecule has 0 bridgehead atoms. The van der Waals surface area contributed by atoms with Crippen molar-refractivity contribution in [2.75, 3.05) is 12.3 Å². The molecule has 0 radical (unpaired) electrons. The number of fused-ring (bicyclic) bond motifs is 2. The Balaban J connectivity index is 2.22. The van der Waals surface area contributed by atoms with E-state index in [2.05, 4.69) is 9.97 Å². The molecule has 0 fully saturated rings. The normalized spacial score (nSPS) is 11.1. The summed E-state index contributed by atoms with van der Waals surface area (Å²) in [5.41, 5.74) is 8.26. The highest BCUT2D eigenvalue weighted by atomic mass is 16.5. The van der Waals surface area contributed by atoms with E-state index in [0.717, 1.165) is 5.39 Å². The maximum Gasteiger partial charge on any atom is 0.359 e. The summed E-state index contributed by atoms with van der Waals surface area (Å²) in [6.45, 7) is 3.78. The molecule has 3 rings (SSSR count). The van der Waals surface area contributed by atoms with Crippen molar-refractivity contribution in [3.8, 4) is 0 Å². The zero-order chi connectivity index (χ0) is 14.3. The third-order valence-corrected chi connectivity index (χ3v) is 2.93. The van der Waals surface area contributed by atoms with E-state index in [9.17, 15) is 4.79 Å². The standard InChI is InChI=1S/C14H13N3O3/c1-3-19-14(18)13-9(15)4-8-5-12-11(6-10(8)17-13)16-7(2)20-12/h4-6H,3,15H2,1-2H3. The molecule has 0 atom stereocenters. The molecule has 0 spiro atoms. The summed E-state index contributed by atoms with van der Waals surface area (Å²) in [5.74, 6) is 0.0530. The van der Waals surface area contributed by atoms with Crippen LogP contribution in [0.2, 0.25) is 0 Å². The van der Waals surface area contributed by atoms with Crippen molar-refractivity contribution >= 4 is 33.7 Å². The summed E-state index contributed by atoms with van der Waals surface area (Å²) in [6, 6.07) is 5.26. The van der Waals surface area contributed by atoms with Crippen molar-refractivity contribution in [3.63, 3.8) is 0 Å². The SMILES string of the molecule is CCOC(=O)c1nc2cc3nc(C)oc3cc2cc1N. The Labute approximate surface area is 114 Å². The molecule has 0 aliphatic heterocycles. The molecule has 2 N–H and O–H groups in total. The van der Waals surface area contributed by atoms with Crippen LogP contribution in [0.5, 0.6) is 0 Å². The van der Waals surface area contributed by atoms with Crippen LogP contribution in [0.4, 0.5) is 5.69 Å². The van der Waals surface area contributed by atoms with E-state index in [4.69, 9.17) is 14.9 Å². The van der Waals surface area contributed by atoms with Gasteiger partial charge in [0.15, 0.2) is 17.2 Å². The number of hydrogen-bond acceptors (Lipinski definition) is 6. The number of aromatic nitrogens is 2. The van der Waals surface area contributed by atoms with Gasteiger partial charge in [-0.3, -0.25) is 0 Å². The quantitative estimate of drug-likeness (QED) is 0.720. The number of nitrogens with two attached hydrogens (primary N) is 1. The van der Waals surface area contributed by atoms with Gasteiger partial charge in [0.1, 0.15) is 5.52 Å². The van der Waals surface area contributed by atoms with Gasteiger partial charge in [0.2, 0.25) is 0 Å². The maximum atomic E-state index is 11.8. The molecule has 6 nitrogen and oxygen atoms in total. The minimum atomic E-state index is -0.525. The minimum absolute atomic E-state index is 0.124. The van der Waals surface area contributed by atoms with Gasteiger partial charge in [-0.15, -0.1) is 0 Å². The van der Waals surface area contributed by atoms with Crippen LogP contribution in [0.3, 0.4) is 0 Å². The van der Waals surface area contributed by atoms with E-state index < -0.39 is 5.97 Å². The molecule has 0 amide bonds. The van der Waals surface area contributed by atoms with Gasteiger partial charge >= 0.3 is 5.97 Å². The highest BCUT2D eigenvalue weighted by Crippen LogP contribution is 2.25. The number of aryl methyl sites for hydroxylation is 1. The Hall–Kier alpha value is -2.63. The first-order chi connectivity index (χ1) is 9.58. The Morgan fingerprint density at radius 1 is 1.30 bits per heavy atom. The van der Waals surface area contributed by atoms with Crippen LogP contribution in [-0.2, 0) is 4.74 Å². The number of carbonyl (C=O) groups excluding carboxylic acids is 1. The third-order valence-electron chi connectivity index (χ3n) is 2.93. The molecule has 1 aromatic carbocycles. The lowest BCUT2D eigenvalue weighted by Crippen LogP contribution is -2.10. The third kappa shape index (κ3) is 1.95. The number of nitrogen functional groups attached to an aromatic ring is 1. The van der Waals surface area contributed by atoms with Crippen LogP contribution in [0.1, 0.15) is 23.3 Å². The van der Waals surface area contributed by atoms with Crippen molar-refractivity contribution in [1.82, 2.24) is 9.97 Å². The Kier molecular flexibility index (Phi) is 2.78. The van der Waals surface area contributed by atoms with Crippen LogP contribution in [0.15, 0.2) is 22.6 Å². The van der Waals surface area contributed by atoms with Crippen LogP contribution in [0.25, 0.3) is 22.0 Å². The smallest absolute Gasteiger partial charge is 0.359 e. The fourth-order valence-corrected chi connectivity index (χ4v) is 2.09. The van der Waals surface area contributed by atoms with E-state index in [0.29, 0.717) is 22.5 Å². The van der Waals surface area contributed by atoms with Crippen molar-refractivity contribution < 1.29 is 13.9 Å². The Morgan fingerprint density at radius 3 is 2.85 bits per heavy atom. The van der Waals surface area contributed by atoms with Crippen molar-refractivity contribution in [1.29, 1.82) is 0 Å². The number of benzene rings is 1. The number of oxazole rings is 1. The molecule has 0 aliphatic carbocycles. The number of esters is 1. The second-order valence-electron chi connectivity index (χ2n) is 4.39. The first kappa shape index (κ1) is 12.4. The fraction of sp³-hybridized carbons (Fsp3) is 0.214. The summed E-state index contributed by atoms with van der Waals surface area (Å²) in [5, 5.41) is 0.791. The van der Waals surface area contributed by atoms with Gasteiger partial charge in [-0.25, -0.2) is 14.8 Å². The van der Waals surface area contributed by atoms with Crippen molar-refractivity contribution in [2.45, 2.75) is 13.8 Å². The molecule has 20 heavy (non-hydrogen) atoms. The average molecular weight is 271 g/mol. The summed E-state index contributed by atoms with van der Waals surface area (Å²) in [6.07, 6.45) is 0. The van der Waals surface area contributed by atoms with E-state index >= 15 is 0 Å². The second kappa shape index (κ2) is 4.48. The number of anilines is 1. The molecular formula is C14H13N3O3. The molecule has 0 saturated carbocycles. The monoisotopic (exact) mass is 271 g/mol. The van der Waals surface area contributed by atoms with E-state index in [1.807, 2.05) is 6.07 Å². The molecule has 0 aliphatic rings. The van der Waals surface area contributed by atoms with Crippen LogP contribution < -0.4 is 5.73 Å². The zero-order valence-corrected chi connectivity index (χ0v) is 11.1. The fourth-order valence-electron chi connectivity index (χ4n) is 2.09. The number of pyridine rings is 1. The van der Waals surface area contributed by atoms with Gasteiger partial charge in [0.25, 0.3) is 0 Å². The number of hydrogen-bond donors (Lipinski definition) is 1. The molecule has 6 heteroatoms. The lowest BCUT2D eigenvalue weighted by molar-refractivity contribution is 0.0521. The topological polar surface area (TPSA) is 91.2 Å². The second-order valence-corrected chi connectivity index (χ2v) is 4.39. The minimum Gasteiger partial charge on any atom is -0.461 e. The summed E-state index contributed by atoms with van der Waals surface area (Å²) >= 11 is 0. The zero-order valence-electron chi connectivity index (χ0n) is 11.1. The Morgan fingerprint density at radius 2 is 2.10 bits per heavy atom. The molecule has 3 aromatic rings. The number of carbonyl (C=O) groups is 1. The van der Waals surface area contributed by atoms with E-state index in [-0.39, 0.29) is 18.0 Å². The molecule has 0 saturated heterocycles. The predicted molar refractivity (Wildman–Crippen MR) is 74.4 cm³/mol. The highest BCUT2D eigenvalue weighted by Gasteiger charge is 2.15. The maximum absolute atomic E-state index is 11.8. The average Bonchev–Trinajstić information content (AvgIpc) is 2.74. The first-order valence-corrected chi connectivity index (χ1v) is 6.23. The van der Waals surface area contributed by atoms with Gasteiger partial charge in [-0.2, -0.15) is 0 Å². The van der Waals surface area contributed by atoms with Crippen LogP contribution in [0, 0.1) is 6.92 Å². The van der Waals surface area contributed by atoms with Crippen molar-refractivity contribution in [3.05, 3.63) is 29.8 Å². The van der Waals surface area contributed by atoms with Crippen LogP contribution >= 0.6 is 0 Å². The molecule has 102 valence electrons. The summed E-state index contributed by atoms with van der Waals surface area (Å²) < 4.78 is 10.4. The van der Waals surface area contributed by atoms with Gasteiger partial charge in [0, 0.05) is 12.3 Å². The lowest BCUT2D eigenvalue weighted by Gasteiger charge is -2.06. The molecular weight excluding hydrogens is 258 g/mol. The van der Waals surface area contributed by atoms with Gasteiger partial charge < -0.3 is 14.9 Å². The first-order valence-electron chi connectivity index (χ1n) is 6.23.